The van der Waals surface area contributed by atoms with Gasteiger partial charge in [0.2, 0.25) is 0 Å². The third-order valence-electron chi connectivity index (χ3n) is 3.41. The third-order valence-corrected chi connectivity index (χ3v) is 3.41. The molecule has 0 spiro atoms. The van der Waals surface area contributed by atoms with Crippen LogP contribution in [0.5, 0.6) is 0 Å². The maximum Gasteiger partial charge on any atom is 0.412 e. The summed E-state index contributed by atoms with van der Waals surface area (Å²) in [5.74, 6) is 0.348. The van der Waals surface area contributed by atoms with Gasteiger partial charge in [0.05, 0.1) is 0 Å². The molecule has 0 amide bonds. The third kappa shape index (κ3) is 5.95. The topological polar surface area (TPSA) is 29.3 Å². The fourth-order valence-electron chi connectivity index (χ4n) is 2.59. The molecule has 0 saturated carbocycles. The Morgan fingerprint density at radius 2 is 1.95 bits per heavy atom. The molecular weight excluding hydrogens is 253 g/mol. The predicted octanol–water partition coefficient (Wildman–Crippen LogP) is 3.19. The first-order chi connectivity index (χ1) is 8.62. The zero-order valence-electron chi connectivity index (χ0n) is 12.1. The van der Waals surface area contributed by atoms with Gasteiger partial charge in [0.25, 0.3) is 0 Å². The molecule has 1 aliphatic heterocycles. The first-order valence-electron chi connectivity index (χ1n) is 6.80. The van der Waals surface area contributed by atoms with Crippen LogP contribution in [0.3, 0.4) is 0 Å². The lowest BCUT2D eigenvalue weighted by molar-refractivity contribution is -0.0961. The molecule has 0 fully saturated rings. The summed E-state index contributed by atoms with van der Waals surface area (Å²) in [6.45, 7) is 8.72. The van der Waals surface area contributed by atoms with Gasteiger partial charge in [-0.15, -0.1) is 0 Å². The normalized spacial score (nSPS) is 20.3. The molecule has 1 heterocycles. The van der Waals surface area contributed by atoms with Crippen molar-refractivity contribution in [3.05, 3.63) is 11.6 Å². The highest BCUT2D eigenvalue weighted by Gasteiger charge is 2.35. The predicted molar refractivity (Wildman–Crippen MR) is 71.8 cm³/mol. The van der Waals surface area contributed by atoms with Crippen molar-refractivity contribution in [1.29, 1.82) is 0 Å². The van der Waals surface area contributed by atoms with Crippen LogP contribution in [0.1, 0.15) is 33.6 Å². The molecule has 2 nitrogen and oxygen atoms in total. The lowest BCUT2D eigenvalue weighted by atomic mass is 9.84. The molecule has 1 aliphatic rings. The molecule has 0 aromatic heterocycles. The number of rotatable bonds is 4. The summed E-state index contributed by atoms with van der Waals surface area (Å²) in [7, 11) is 0. The Morgan fingerprint density at radius 1 is 1.32 bits per heavy atom. The second-order valence-corrected chi connectivity index (χ2v) is 6.60. The lowest BCUT2D eigenvalue weighted by Gasteiger charge is -2.32. The van der Waals surface area contributed by atoms with Crippen molar-refractivity contribution in [2.75, 3.05) is 26.2 Å². The van der Waals surface area contributed by atoms with Crippen molar-refractivity contribution in [1.82, 2.24) is 4.90 Å². The van der Waals surface area contributed by atoms with E-state index in [1.807, 2.05) is 0 Å². The summed E-state index contributed by atoms with van der Waals surface area (Å²) >= 11 is 0. The molecule has 5 heteroatoms. The van der Waals surface area contributed by atoms with Gasteiger partial charge in [0, 0.05) is 25.2 Å². The van der Waals surface area contributed by atoms with E-state index in [9.17, 15) is 13.2 Å². The van der Waals surface area contributed by atoms with E-state index in [0.29, 0.717) is 25.6 Å². The van der Waals surface area contributed by atoms with Crippen molar-refractivity contribution in [2.45, 2.75) is 39.8 Å². The fourth-order valence-corrected chi connectivity index (χ4v) is 2.59. The average Bonchev–Trinajstić information content (AvgIpc) is 2.26. The van der Waals surface area contributed by atoms with Gasteiger partial charge in [-0.25, -0.2) is 0 Å². The van der Waals surface area contributed by atoms with Gasteiger partial charge in [0.1, 0.15) is 0 Å². The standard InChI is InChI=1S/C14H25F3N2/c1-13(2,3)8-11(9-18)10-19-6-4-12(5-7-19)14(15,16)17/h4,11H,5-10,18H2,1-3H3. The largest absolute Gasteiger partial charge is 0.412 e. The second-order valence-electron chi connectivity index (χ2n) is 6.60. The Kier molecular flexibility index (Phi) is 5.44. The second kappa shape index (κ2) is 6.27. The molecule has 0 radical (unpaired) electrons. The van der Waals surface area contributed by atoms with Crippen LogP contribution in [0.2, 0.25) is 0 Å². The monoisotopic (exact) mass is 278 g/mol. The van der Waals surface area contributed by atoms with Crippen LogP contribution in [-0.2, 0) is 0 Å². The van der Waals surface area contributed by atoms with E-state index in [-0.39, 0.29) is 17.4 Å². The number of hydrogen-bond acceptors (Lipinski definition) is 2. The minimum Gasteiger partial charge on any atom is -0.330 e. The molecule has 1 rings (SSSR count). The summed E-state index contributed by atoms with van der Waals surface area (Å²) < 4.78 is 37.5. The average molecular weight is 278 g/mol. The van der Waals surface area contributed by atoms with Gasteiger partial charge >= 0.3 is 6.18 Å². The van der Waals surface area contributed by atoms with Crippen molar-refractivity contribution < 1.29 is 13.2 Å². The van der Waals surface area contributed by atoms with Crippen LogP contribution < -0.4 is 5.73 Å². The minimum atomic E-state index is -4.16. The van der Waals surface area contributed by atoms with Gasteiger partial charge in [0.15, 0.2) is 0 Å². The number of halogens is 3. The molecule has 0 bridgehead atoms. The summed E-state index contributed by atoms with van der Waals surface area (Å²) in [5.41, 5.74) is 5.59. The molecule has 1 atom stereocenters. The maximum absolute atomic E-state index is 12.5. The van der Waals surface area contributed by atoms with Crippen LogP contribution in [-0.4, -0.2) is 37.3 Å². The maximum atomic E-state index is 12.5. The number of alkyl halides is 3. The number of nitrogens with zero attached hydrogens (tertiary/aromatic N) is 1. The summed E-state index contributed by atoms with van der Waals surface area (Å²) in [6.07, 6.45) is -1.76. The van der Waals surface area contributed by atoms with Crippen molar-refractivity contribution >= 4 is 0 Å². The lowest BCUT2D eigenvalue weighted by Crippen LogP contribution is -2.38. The van der Waals surface area contributed by atoms with Crippen LogP contribution in [0.4, 0.5) is 13.2 Å². The molecule has 0 aromatic carbocycles. The Bertz CT molecular complexity index is 316. The van der Waals surface area contributed by atoms with Crippen LogP contribution in [0.15, 0.2) is 11.6 Å². The van der Waals surface area contributed by atoms with E-state index in [2.05, 4.69) is 25.7 Å². The van der Waals surface area contributed by atoms with Gasteiger partial charge in [-0.2, -0.15) is 13.2 Å². The van der Waals surface area contributed by atoms with E-state index in [4.69, 9.17) is 5.73 Å². The SMILES string of the molecule is CC(C)(C)CC(CN)CN1CC=C(C(F)(F)F)CC1. The molecule has 2 N–H and O–H groups in total. The highest BCUT2D eigenvalue weighted by Crippen LogP contribution is 2.31. The van der Waals surface area contributed by atoms with Gasteiger partial charge in [-0.05, 0) is 30.7 Å². The molecule has 0 saturated heterocycles. The van der Waals surface area contributed by atoms with Crippen LogP contribution in [0.25, 0.3) is 0 Å². The van der Waals surface area contributed by atoms with Crippen molar-refractivity contribution in [2.24, 2.45) is 17.1 Å². The fraction of sp³-hybridized carbons (Fsp3) is 0.857. The Balaban J connectivity index is 2.50. The Hall–Kier alpha value is -0.550. The Morgan fingerprint density at radius 3 is 2.32 bits per heavy atom. The molecule has 0 aliphatic carbocycles. The van der Waals surface area contributed by atoms with E-state index in [1.54, 1.807) is 0 Å². The molecule has 1 unspecified atom stereocenters. The first-order valence-corrected chi connectivity index (χ1v) is 6.80. The zero-order chi connectivity index (χ0) is 14.7. The molecule has 19 heavy (non-hydrogen) atoms. The molecule has 0 aromatic rings. The van der Waals surface area contributed by atoms with Gasteiger partial charge in [-0.1, -0.05) is 26.8 Å². The smallest absolute Gasteiger partial charge is 0.330 e. The number of nitrogens with two attached hydrogens (primary N) is 1. The molecular formula is C14H25F3N2. The zero-order valence-corrected chi connectivity index (χ0v) is 12.1. The summed E-state index contributed by atoms with van der Waals surface area (Å²) in [5, 5.41) is 0. The molecule has 112 valence electrons. The van der Waals surface area contributed by atoms with E-state index < -0.39 is 6.18 Å². The van der Waals surface area contributed by atoms with E-state index in [1.165, 1.54) is 6.08 Å². The van der Waals surface area contributed by atoms with Crippen molar-refractivity contribution in [3.63, 3.8) is 0 Å². The van der Waals surface area contributed by atoms with E-state index in [0.717, 1.165) is 13.0 Å². The first kappa shape index (κ1) is 16.5. The van der Waals surface area contributed by atoms with E-state index >= 15 is 0 Å². The summed E-state index contributed by atoms with van der Waals surface area (Å²) in [6, 6.07) is 0. The highest BCUT2D eigenvalue weighted by atomic mass is 19.4. The summed E-state index contributed by atoms with van der Waals surface area (Å²) in [4.78, 5) is 2.07. The minimum absolute atomic E-state index is 0.0936. The van der Waals surface area contributed by atoms with Crippen LogP contribution >= 0.6 is 0 Å². The van der Waals surface area contributed by atoms with Gasteiger partial charge in [-0.3, -0.25) is 4.90 Å². The van der Waals surface area contributed by atoms with Crippen LogP contribution in [0, 0.1) is 11.3 Å². The quantitative estimate of drug-likeness (QED) is 0.800. The van der Waals surface area contributed by atoms with Crippen molar-refractivity contribution in [3.8, 4) is 0 Å². The van der Waals surface area contributed by atoms with Gasteiger partial charge < -0.3 is 5.73 Å². The highest BCUT2D eigenvalue weighted by molar-refractivity contribution is 5.13. The number of hydrogen-bond donors (Lipinski definition) is 1. The Labute approximate surface area is 113 Å².